The second kappa shape index (κ2) is 8.80. The summed E-state index contributed by atoms with van der Waals surface area (Å²) in [5, 5.41) is 2.51. The highest BCUT2D eigenvalue weighted by Crippen LogP contribution is 2.37. The van der Waals surface area contributed by atoms with Crippen LogP contribution in [0.1, 0.15) is 11.1 Å². The van der Waals surface area contributed by atoms with Crippen molar-refractivity contribution in [1.29, 1.82) is 0 Å². The summed E-state index contributed by atoms with van der Waals surface area (Å²) in [6.45, 7) is -0.102. The van der Waals surface area contributed by atoms with Crippen LogP contribution in [0, 0.1) is 18.2 Å². The monoisotopic (exact) mass is 458 g/mol. The lowest BCUT2D eigenvalue weighted by Crippen LogP contribution is -2.30. The third-order valence-electron chi connectivity index (χ3n) is 4.11. The highest BCUT2D eigenvalue weighted by atomic mass is 79.9. The zero-order valence-electron chi connectivity index (χ0n) is 15.4. The van der Waals surface area contributed by atoms with Gasteiger partial charge in [0.15, 0.2) is 11.5 Å². The van der Waals surface area contributed by atoms with E-state index in [9.17, 15) is 14.0 Å². The number of nitrogens with zero attached hydrogens (tertiary/aromatic N) is 1. The number of urea groups is 1. The van der Waals surface area contributed by atoms with Crippen LogP contribution in [0.25, 0.3) is 6.08 Å². The van der Waals surface area contributed by atoms with Gasteiger partial charge in [-0.3, -0.25) is 9.69 Å². The molecule has 1 fully saturated rings. The van der Waals surface area contributed by atoms with Crippen molar-refractivity contribution < 1.29 is 23.5 Å². The molecule has 0 spiro atoms. The van der Waals surface area contributed by atoms with Crippen LogP contribution in [0.3, 0.4) is 0 Å². The highest BCUT2D eigenvalue weighted by molar-refractivity contribution is 9.10. The van der Waals surface area contributed by atoms with Crippen LogP contribution in [0.2, 0.25) is 0 Å². The van der Waals surface area contributed by atoms with Crippen LogP contribution in [0.5, 0.6) is 11.5 Å². The molecule has 6 nitrogen and oxygen atoms in total. The van der Waals surface area contributed by atoms with E-state index >= 15 is 0 Å². The molecule has 1 N–H and O–H groups in total. The fourth-order valence-electron chi connectivity index (χ4n) is 2.76. The molecule has 1 aliphatic rings. The van der Waals surface area contributed by atoms with E-state index < -0.39 is 17.8 Å². The molecule has 148 valence electrons. The van der Waals surface area contributed by atoms with Gasteiger partial charge in [-0.05, 0) is 45.8 Å². The molecular formula is C21H16BrFN2O4. The molecule has 0 atom stereocenters. The number of hydrogen-bond acceptors (Lipinski definition) is 4. The number of methoxy groups -OCH3 is 1. The first kappa shape index (κ1) is 20.4. The third-order valence-corrected chi connectivity index (χ3v) is 4.70. The Morgan fingerprint density at radius 3 is 2.76 bits per heavy atom. The number of imide groups is 1. The van der Waals surface area contributed by atoms with Crippen LogP contribution in [0.4, 0.5) is 9.18 Å². The van der Waals surface area contributed by atoms with Crippen molar-refractivity contribution in [2.75, 3.05) is 13.7 Å². The van der Waals surface area contributed by atoms with Gasteiger partial charge in [0.05, 0.1) is 18.1 Å². The van der Waals surface area contributed by atoms with Crippen LogP contribution in [-0.2, 0) is 11.3 Å². The molecule has 3 rings (SSSR count). The zero-order chi connectivity index (χ0) is 21.0. The molecule has 0 unspecified atom stereocenters. The molecule has 0 saturated carbocycles. The topological polar surface area (TPSA) is 67.9 Å². The quantitative estimate of drug-likeness (QED) is 0.407. The van der Waals surface area contributed by atoms with Crippen LogP contribution in [0.15, 0.2) is 46.6 Å². The van der Waals surface area contributed by atoms with Crippen molar-refractivity contribution in [2.24, 2.45) is 0 Å². The summed E-state index contributed by atoms with van der Waals surface area (Å²) in [7, 11) is 1.47. The van der Waals surface area contributed by atoms with E-state index in [1.807, 2.05) is 0 Å². The van der Waals surface area contributed by atoms with Crippen molar-refractivity contribution in [2.45, 2.75) is 6.54 Å². The molecule has 0 aliphatic carbocycles. The summed E-state index contributed by atoms with van der Waals surface area (Å²) in [5.74, 6) is 2.16. The highest BCUT2D eigenvalue weighted by Gasteiger charge is 2.34. The second-order valence-corrected chi connectivity index (χ2v) is 6.85. The Balaban J connectivity index is 1.87. The number of carbonyl (C=O) groups is 2. The first-order valence-electron chi connectivity index (χ1n) is 8.46. The van der Waals surface area contributed by atoms with E-state index in [-0.39, 0.29) is 24.4 Å². The van der Waals surface area contributed by atoms with E-state index in [2.05, 4.69) is 27.2 Å². The zero-order valence-corrected chi connectivity index (χ0v) is 17.0. The maximum atomic E-state index is 13.9. The Morgan fingerprint density at radius 2 is 2.07 bits per heavy atom. The molecule has 29 heavy (non-hydrogen) atoms. The summed E-state index contributed by atoms with van der Waals surface area (Å²) in [4.78, 5) is 25.8. The van der Waals surface area contributed by atoms with Crippen molar-refractivity contribution in [1.82, 2.24) is 10.2 Å². The lowest BCUT2D eigenvalue weighted by atomic mass is 10.1. The predicted octanol–water partition coefficient (Wildman–Crippen LogP) is 3.70. The van der Waals surface area contributed by atoms with Gasteiger partial charge in [-0.15, -0.1) is 6.42 Å². The molecule has 1 aliphatic heterocycles. The van der Waals surface area contributed by atoms with Crippen LogP contribution in [-0.4, -0.2) is 30.6 Å². The number of carbonyl (C=O) groups excluding carboxylic acids is 2. The molecule has 8 heteroatoms. The van der Waals surface area contributed by atoms with Gasteiger partial charge in [-0.25, -0.2) is 9.18 Å². The van der Waals surface area contributed by atoms with E-state index in [4.69, 9.17) is 15.9 Å². The van der Waals surface area contributed by atoms with Crippen LogP contribution >= 0.6 is 15.9 Å². The molecule has 2 aromatic carbocycles. The lowest BCUT2D eigenvalue weighted by molar-refractivity contribution is -0.123. The molecule has 1 saturated heterocycles. The Labute approximate surface area is 175 Å². The summed E-state index contributed by atoms with van der Waals surface area (Å²) >= 11 is 3.38. The van der Waals surface area contributed by atoms with Crippen LogP contribution < -0.4 is 14.8 Å². The Kier molecular flexibility index (Phi) is 6.20. The normalized spacial score (nSPS) is 14.7. The van der Waals surface area contributed by atoms with Gasteiger partial charge in [0.2, 0.25) is 0 Å². The average Bonchev–Trinajstić information content (AvgIpc) is 2.95. The number of terminal acetylenes is 1. The van der Waals surface area contributed by atoms with Gasteiger partial charge >= 0.3 is 6.03 Å². The third kappa shape index (κ3) is 4.41. The summed E-state index contributed by atoms with van der Waals surface area (Å²) in [6, 6.07) is 8.69. The minimum Gasteiger partial charge on any atom is -0.493 e. The van der Waals surface area contributed by atoms with E-state index in [1.165, 1.54) is 31.4 Å². The number of rotatable bonds is 6. The summed E-state index contributed by atoms with van der Waals surface area (Å²) in [5.41, 5.74) is 0.896. The SMILES string of the molecule is C#CCOc1c(Br)cc(/C=C2/NC(=O)N(Cc3ccccc3F)C2=O)cc1OC. The average molecular weight is 459 g/mol. The van der Waals surface area contributed by atoms with E-state index in [1.54, 1.807) is 18.2 Å². The first-order chi connectivity index (χ1) is 13.9. The lowest BCUT2D eigenvalue weighted by Gasteiger charge is -2.12. The molecule has 1 heterocycles. The van der Waals surface area contributed by atoms with Gasteiger partial charge in [-0.1, -0.05) is 24.1 Å². The molecule has 0 radical (unpaired) electrons. The van der Waals surface area contributed by atoms with Gasteiger partial charge in [0.25, 0.3) is 5.91 Å². The molecule has 3 amide bonds. The number of nitrogens with one attached hydrogen (secondary N) is 1. The fourth-order valence-corrected chi connectivity index (χ4v) is 3.33. The smallest absolute Gasteiger partial charge is 0.329 e. The molecular weight excluding hydrogens is 443 g/mol. The summed E-state index contributed by atoms with van der Waals surface area (Å²) < 4.78 is 25.2. The number of ether oxygens (including phenoxy) is 2. The Morgan fingerprint density at radius 1 is 1.31 bits per heavy atom. The van der Waals surface area contributed by atoms with Crippen molar-refractivity contribution in [3.05, 3.63) is 63.5 Å². The van der Waals surface area contributed by atoms with Gasteiger partial charge in [0, 0.05) is 5.56 Å². The van der Waals surface area contributed by atoms with Gasteiger partial charge in [0.1, 0.15) is 18.1 Å². The minimum atomic E-state index is -0.621. The number of benzene rings is 2. The van der Waals surface area contributed by atoms with Gasteiger partial charge in [-0.2, -0.15) is 0 Å². The van der Waals surface area contributed by atoms with E-state index in [0.29, 0.717) is 21.5 Å². The Bertz CT molecular complexity index is 1050. The predicted molar refractivity (Wildman–Crippen MR) is 108 cm³/mol. The Hall–Kier alpha value is -3.31. The summed E-state index contributed by atoms with van der Waals surface area (Å²) in [6.07, 6.45) is 6.72. The van der Waals surface area contributed by atoms with Crippen molar-refractivity contribution >= 4 is 33.9 Å². The molecule has 2 aromatic rings. The largest absolute Gasteiger partial charge is 0.493 e. The van der Waals surface area contributed by atoms with Crippen molar-refractivity contribution in [3.8, 4) is 23.8 Å². The second-order valence-electron chi connectivity index (χ2n) is 6.00. The molecule has 0 bridgehead atoms. The van der Waals surface area contributed by atoms with Crippen molar-refractivity contribution in [3.63, 3.8) is 0 Å². The maximum absolute atomic E-state index is 13.9. The standard InChI is InChI=1S/C21H16BrFN2O4/c1-3-8-29-19-15(22)9-13(11-18(19)28-2)10-17-20(26)25(21(27)24-17)12-14-6-4-5-7-16(14)23/h1,4-7,9-11H,8,12H2,2H3,(H,24,27)/b17-10+. The number of hydrogen-bond donors (Lipinski definition) is 1. The first-order valence-corrected chi connectivity index (χ1v) is 9.25. The van der Waals surface area contributed by atoms with E-state index in [0.717, 1.165) is 4.90 Å². The number of halogens is 2. The molecule has 0 aromatic heterocycles. The minimum absolute atomic E-state index is 0.0644. The van der Waals surface area contributed by atoms with Gasteiger partial charge < -0.3 is 14.8 Å². The fraction of sp³-hybridized carbons (Fsp3) is 0.143. The maximum Gasteiger partial charge on any atom is 0.329 e. The number of amides is 3.